The van der Waals surface area contributed by atoms with Gasteiger partial charge in [-0.25, -0.2) is 0 Å². The summed E-state index contributed by atoms with van der Waals surface area (Å²) in [5, 5.41) is 5.86. The summed E-state index contributed by atoms with van der Waals surface area (Å²) in [6, 6.07) is 8.49. The van der Waals surface area contributed by atoms with Gasteiger partial charge < -0.3 is 10.2 Å². The molecule has 158 valence electrons. The number of piperidine rings is 2. The van der Waals surface area contributed by atoms with Crippen LogP contribution in [0.1, 0.15) is 44.1 Å². The second kappa shape index (κ2) is 9.26. The lowest BCUT2D eigenvalue weighted by molar-refractivity contribution is -0.133. The van der Waals surface area contributed by atoms with Gasteiger partial charge in [-0.05, 0) is 55.5 Å². The number of anilines is 1. The highest BCUT2D eigenvalue weighted by Crippen LogP contribution is 2.29. The Morgan fingerprint density at radius 3 is 2.21 bits per heavy atom. The summed E-state index contributed by atoms with van der Waals surface area (Å²) in [5.74, 6) is 1.34. The molecule has 2 N–H and O–H groups in total. The lowest BCUT2D eigenvalue weighted by Crippen LogP contribution is -2.48. The fraction of sp³-hybridized carbons (Fsp3) is 0.652. The Hall–Kier alpha value is -1.92. The first kappa shape index (κ1) is 20.4. The number of benzene rings is 1. The molecule has 1 aromatic rings. The zero-order chi connectivity index (χ0) is 20.2. The fourth-order valence-electron chi connectivity index (χ4n) is 5.13. The smallest absolute Gasteiger partial charge is 0.227 e. The molecule has 0 spiro atoms. The molecule has 3 saturated heterocycles. The summed E-state index contributed by atoms with van der Waals surface area (Å²) < 4.78 is 0. The van der Waals surface area contributed by atoms with Gasteiger partial charge in [-0.3, -0.25) is 19.8 Å². The van der Waals surface area contributed by atoms with Crippen molar-refractivity contribution in [1.29, 1.82) is 0 Å². The Bertz CT molecular complexity index is 690. The zero-order valence-electron chi connectivity index (χ0n) is 17.5. The van der Waals surface area contributed by atoms with Gasteiger partial charge in [0, 0.05) is 57.2 Å². The van der Waals surface area contributed by atoms with Crippen molar-refractivity contribution in [2.75, 3.05) is 50.7 Å². The molecule has 1 atom stereocenters. The third-order valence-corrected chi connectivity index (χ3v) is 6.98. The van der Waals surface area contributed by atoms with Crippen LogP contribution in [0.2, 0.25) is 0 Å². The molecule has 3 fully saturated rings. The van der Waals surface area contributed by atoms with Gasteiger partial charge in [-0.15, -0.1) is 0 Å². The first-order chi connectivity index (χ1) is 14.1. The van der Waals surface area contributed by atoms with E-state index in [0.717, 1.165) is 43.6 Å². The number of carbonyl (C=O) groups excluding carboxylic acids is 2. The minimum absolute atomic E-state index is 0.0126. The van der Waals surface area contributed by atoms with Crippen molar-refractivity contribution < 1.29 is 9.59 Å². The summed E-state index contributed by atoms with van der Waals surface area (Å²) in [5.41, 5.74) is 2.33. The van der Waals surface area contributed by atoms with Gasteiger partial charge in [0.05, 0.1) is 0 Å². The van der Waals surface area contributed by atoms with E-state index >= 15 is 0 Å². The van der Waals surface area contributed by atoms with Gasteiger partial charge in [0.2, 0.25) is 11.8 Å². The van der Waals surface area contributed by atoms with E-state index in [1.54, 1.807) is 0 Å². The first-order valence-corrected chi connectivity index (χ1v) is 11.2. The quantitative estimate of drug-likeness (QED) is 0.743. The molecule has 6 nitrogen and oxygen atoms in total. The topological polar surface area (TPSA) is 64.7 Å². The Balaban J connectivity index is 1.27. The largest absolute Gasteiger partial charge is 0.369 e. The number of imide groups is 1. The monoisotopic (exact) mass is 398 g/mol. The molecule has 1 aromatic carbocycles. The Kier molecular flexibility index (Phi) is 6.50. The molecule has 3 aliphatic heterocycles. The highest BCUT2D eigenvalue weighted by Gasteiger charge is 2.27. The van der Waals surface area contributed by atoms with Crippen molar-refractivity contribution in [3.8, 4) is 0 Å². The summed E-state index contributed by atoms with van der Waals surface area (Å²) in [7, 11) is 0. The van der Waals surface area contributed by atoms with Gasteiger partial charge >= 0.3 is 0 Å². The average molecular weight is 399 g/mol. The van der Waals surface area contributed by atoms with E-state index in [1.807, 2.05) is 0 Å². The molecule has 3 aliphatic rings. The molecule has 0 saturated carbocycles. The second-order valence-electron chi connectivity index (χ2n) is 9.02. The number of piperazine rings is 1. The van der Waals surface area contributed by atoms with Crippen molar-refractivity contribution in [1.82, 2.24) is 15.5 Å². The maximum absolute atomic E-state index is 11.6. The molecule has 0 aliphatic carbocycles. The van der Waals surface area contributed by atoms with Crippen LogP contribution in [0.3, 0.4) is 0 Å². The normalized spacial score (nSPS) is 23.8. The molecule has 0 bridgehead atoms. The van der Waals surface area contributed by atoms with E-state index in [9.17, 15) is 9.59 Å². The van der Waals surface area contributed by atoms with Crippen LogP contribution in [-0.2, 0) is 9.59 Å². The summed E-state index contributed by atoms with van der Waals surface area (Å²) >= 11 is 0. The van der Waals surface area contributed by atoms with Crippen LogP contribution in [0, 0.1) is 11.8 Å². The van der Waals surface area contributed by atoms with Crippen molar-refractivity contribution in [2.45, 2.75) is 38.5 Å². The zero-order valence-corrected chi connectivity index (χ0v) is 17.5. The molecule has 2 amide bonds. The first-order valence-electron chi connectivity index (χ1n) is 11.2. The van der Waals surface area contributed by atoms with Gasteiger partial charge in [0.1, 0.15) is 0 Å². The highest BCUT2D eigenvalue weighted by atomic mass is 16.2. The lowest BCUT2D eigenvalue weighted by Gasteiger charge is -2.39. The van der Waals surface area contributed by atoms with Crippen molar-refractivity contribution in [3.63, 3.8) is 0 Å². The van der Waals surface area contributed by atoms with Crippen molar-refractivity contribution in [3.05, 3.63) is 29.8 Å². The molecule has 3 heterocycles. The average Bonchev–Trinajstić information content (AvgIpc) is 2.74. The predicted molar refractivity (Wildman–Crippen MR) is 115 cm³/mol. The lowest BCUT2D eigenvalue weighted by atomic mass is 9.85. The molecule has 29 heavy (non-hydrogen) atoms. The minimum atomic E-state index is -0.162. The van der Waals surface area contributed by atoms with Crippen LogP contribution in [-0.4, -0.2) is 62.5 Å². The van der Waals surface area contributed by atoms with E-state index in [0.29, 0.717) is 12.8 Å². The van der Waals surface area contributed by atoms with Crippen LogP contribution in [0.5, 0.6) is 0 Å². The SMILES string of the molecule is CC(CN1CCN(c2ccc(C3CC(=O)NC(=O)C3)cc2)CC1)C1CCNCC1. The van der Waals surface area contributed by atoms with Crippen LogP contribution >= 0.6 is 0 Å². The standard InChI is InChI=1S/C23H34N4O2/c1-17(18-6-8-24-9-7-18)16-26-10-12-27(13-11-26)21-4-2-19(3-5-21)20-14-22(28)25-23(29)15-20/h2-5,17-18,20,24H,6-16H2,1H3,(H,25,28,29). The van der Waals surface area contributed by atoms with E-state index < -0.39 is 0 Å². The van der Waals surface area contributed by atoms with Gasteiger partial charge in [0.15, 0.2) is 0 Å². The second-order valence-corrected chi connectivity index (χ2v) is 9.02. The molecule has 0 radical (unpaired) electrons. The summed E-state index contributed by atoms with van der Waals surface area (Å²) in [6.45, 7) is 10.4. The summed E-state index contributed by atoms with van der Waals surface area (Å²) in [4.78, 5) is 28.3. The van der Waals surface area contributed by atoms with Crippen molar-refractivity contribution in [2.24, 2.45) is 11.8 Å². The van der Waals surface area contributed by atoms with Gasteiger partial charge in [-0.2, -0.15) is 0 Å². The molecule has 0 aromatic heterocycles. The number of carbonyl (C=O) groups is 2. The highest BCUT2D eigenvalue weighted by molar-refractivity contribution is 5.98. The van der Waals surface area contributed by atoms with E-state index in [2.05, 4.69) is 51.6 Å². The molecular weight excluding hydrogens is 364 g/mol. The molecule has 6 heteroatoms. The Morgan fingerprint density at radius 2 is 1.59 bits per heavy atom. The third-order valence-electron chi connectivity index (χ3n) is 6.98. The van der Waals surface area contributed by atoms with Gasteiger partial charge in [0.25, 0.3) is 0 Å². The summed E-state index contributed by atoms with van der Waals surface area (Å²) in [6.07, 6.45) is 3.45. The number of hydrogen-bond acceptors (Lipinski definition) is 5. The number of hydrogen-bond donors (Lipinski definition) is 2. The van der Waals surface area contributed by atoms with E-state index in [1.165, 1.54) is 38.2 Å². The maximum atomic E-state index is 11.6. The molecule has 4 rings (SSSR count). The molecular formula is C23H34N4O2. The van der Waals surface area contributed by atoms with Gasteiger partial charge in [-0.1, -0.05) is 19.1 Å². The predicted octanol–water partition coefficient (Wildman–Crippen LogP) is 1.96. The number of rotatable bonds is 5. The van der Waals surface area contributed by atoms with Crippen LogP contribution in [0.4, 0.5) is 5.69 Å². The van der Waals surface area contributed by atoms with Crippen LogP contribution < -0.4 is 15.5 Å². The fourth-order valence-corrected chi connectivity index (χ4v) is 5.13. The number of nitrogens with one attached hydrogen (secondary N) is 2. The maximum Gasteiger partial charge on any atom is 0.227 e. The Morgan fingerprint density at radius 1 is 0.966 bits per heavy atom. The number of amides is 2. The Labute approximate surface area is 174 Å². The van der Waals surface area contributed by atoms with Crippen LogP contribution in [0.15, 0.2) is 24.3 Å². The van der Waals surface area contributed by atoms with Crippen molar-refractivity contribution >= 4 is 17.5 Å². The van der Waals surface area contributed by atoms with Crippen LogP contribution in [0.25, 0.3) is 0 Å². The molecule has 1 unspecified atom stereocenters. The third kappa shape index (κ3) is 5.17. The van der Waals surface area contributed by atoms with E-state index in [4.69, 9.17) is 0 Å². The minimum Gasteiger partial charge on any atom is -0.369 e. The van der Waals surface area contributed by atoms with E-state index in [-0.39, 0.29) is 17.7 Å². The number of nitrogens with zero attached hydrogens (tertiary/aromatic N) is 2.